The smallest absolute Gasteiger partial charge is 0.269 e. The molecular formula is C14H19N3O2. The first kappa shape index (κ1) is 12.4. The van der Waals surface area contributed by atoms with Gasteiger partial charge in [-0.2, -0.15) is 0 Å². The molecule has 0 amide bonds. The molecule has 2 saturated heterocycles. The van der Waals surface area contributed by atoms with Crippen LogP contribution in [0.15, 0.2) is 24.3 Å². The van der Waals surface area contributed by atoms with E-state index in [1.54, 1.807) is 12.1 Å². The van der Waals surface area contributed by atoms with Crippen LogP contribution in [0, 0.1) is 10.1 Å². The van der Waals surface area contributed by atoms with Crippen molar-refractivity contribution >= 4 is 11.4 Å². The van der Waals surface area contributed by atoms with E-state index in [0.29, 0.717) is 18.1 Å². The number of non-ortho nitro benzene ring substituents is 1. The van der Waals surface area contributed by atoms with Crippen LogP contribution in [0.4, 0.5) is 11.4 Å². The summed E-state index contributed by atoms with van der Waals surface area (Å²) < 4.78 is 0. The fourth-order valence-corrected chi connectivity index (χ4v) is 3.59. The van der Waals surface area contributed by atoms with Crippen molar-refractivity contribution in [2.45, 2.75) is 50.2 Å². The molecule has 102 valence electrons. The molecule has 0 saturated carbocycles. The second kappa shape index (κ2) is 4.81. The summed E-state index contributed by atoms with van der Waals surface area (Å²) in [7, 11) is 0. The fourth-order valence-electron chi connectivity index (χ4n) is 3.59. The van der Waals surface area contributed by atoms with E-state index in [1.807, 2.05) is 12.1 Å². The largest absolute Gasteiger partial charge is 0.365 e. The van der Waals surface area contributed by atoms with Gasteiger partial charge in [-0.3, -0.25) is 10.1 Å². The van der Waals surface area contributed by atoms with Gasteiger partial charge in [0.1, 0.15) is 0 Å². The Morgan fingerprint density at radius 2 is 1.74 bits per heavy atom. The van der Waals surface area contributed by atoms with Crippen LogP contribution in [-0.2, 0) is 0 Å². The molecule has 0 spiro atoms. The predicted octanol–water partition coefficient (Wildman–Crippen LogP) is 2.44. The average Bonchev–Trinajstić information content (AvgIpc) is 2.37. The summed E-state index contributed by atoms with van der Waals surface area (Å²) in [5.74, 6) is 0. The van der Waals surface area contributed by atoms with Crippen molar-refractivity contribution in [1.29, 1.82) is 0 Å². The van der Waals surface area contributed by atoms with E-state index in [0.717, 1.165) is 18.5 Å². The van der Waals surface area contributed by atoms with Gasteiger partial charge in [-0.25, -0.2) is 0 Å². The zero-order chi connectivity index (χ0) is 13.4. The molecule has 0 aromatic heterocycles. The topological polar surface area (TPSA) is 72.4 Å². The highest BCUT2D eigenvalue weighted by molar-refractivity contribution is 5.53. The molecule has 19 heavy (non-hydrogen) atoms. The predicted molar refractivity (Wildman–Crippen MR) is 74.2 cm³/mol. The van der Waals surface area contributed by atoms with Crippen molar-refractivity contribution in [2.75, 3.05) is 4.90 Å². The minimum Gasteiger partial charge on any atom is -0.365 e. The lowest BCUT2D eigenvalue weighted by Crippen LogP contribution is -2.55. The Morgan fingerprint density at radius 1 is 1.16 bits per heavy atom. The zero-order valence-corrected chi connectivity index (χ0v) is 10.9. The SMILES string of the molecule is NC1CC2CCCC(C1)N2c1ccc([N+](=O)[O-])cc1. The lowest BCUT2D eigenvalue weighted by atomic mass is 9.81. The van der Waals surface area contributed by atoms with E-state index in [9.17, 15) is 10.1 Å². The minimum atomic E-state index is -0.350. The molecule has 5 nitrogen and oxygen atoms in total. The molecule has 5 heteroatoms. The van der Waals surface area contributed by atoms with Gasteiger partial charge in [-0.05, 0) is 44.2 Å². The van der Waals surface area contributed by atoms with Crippen LogP contribution in [0.25, 0.3) is 0 Å². The summed E-state index contributed by atoms with van der Waals surface area (Å²) >= 11 is 0. The van der Waals surface area contributed by atoms with Crippen LogP contribution >= 0.6 is 0 Å². The second-order valence-corrected chi connectivity index (χ2v) is 5.65. The monoisotopic (exact) mass is 261 g/mol. The summed E-state index contributed by atoms with van der Waals surface area (Å²) in [6.45, 7) is 0. The molecular weight excluding hydrogens is 242 g/mol. The number of nitrogens with zero attached hydrogens (tertiary/aromatic N) is 2. The van der Waals surface area contributed by atoms with Crippen LogP contribution in [0.1, 0.15) is 32.1 Å². The quantitative estimate of drug-likeness (QED) is 0.655. The molecule has 2 aliphatic rings. The summed E-state index contributed by atoms with van der Waals surface area (Å²) in [6, 6.07) is 8.26. The summed E-state index contributed by atoms with van der Waals surface area (Å²) in [6.07, 6.45) is 5.70. The van der Waals surface area contributed by atoms with Crippen molar-refractivity contribution in [3.63, 3.8) is 0 Å². The molecule has 2 aliphatic heterocycles. The van der Waals surface area contributed by atoms with Crippen LogP contribution in [0.2, 0.25) is 0 Å². The molecule has 2 bridgehead atoms. The van der Waals surface area contributed by atoms with Crippen molar-refractivity contribution in [3.8, 4) is 0 Å². The minimum absolute atomic E-state index is 0.155. The van der Waals surface area contributed by atoms with Gasteiger partial charge in [0.05, 0.1) is 4.92 Å². The van der Waals surface area contributed by atoms with Gasteiger partial charge in [-0.15, -0.1) is 0 Å². The summed E-state index contributed by atoms with van der Waals surface area (Å²) in [4.78, 5) is 12.8. The highest BCUT2D eigenvalue weighted by atomic mass is 16.6. The molecule has 3 rings (SSSR count). The van der Waals surface area contributed by atoms with Gasteiger partial charge in [0.25, 0.3) is 5.69 Å². The number of benzene rings is 1. The van der Waals surface area contributed by atoms with E-state index in [1.165, 1.54) is 19.3 Å². The molecule has 2 atom stereocenters. The normalized spacial score (nSPS) is 30.2. The Labute approximate surface area is 112 Å². The van der Waals surface area contributed by atoms with Crippen LogP contribution in [0.5, 0.6) is 0 Å². The third kappa shape index (κ3) is 2.30. The van der Waals surface area contributed by atoms with Gasteiger partial charge < -0.3 is 10.6 Å². The number of anilines is 1. The van der Waals surface area contributed by atoms with Gasteiger partial charge >= 0.3 is 0 Å². The number of nitro groups is 1. The molecule has 0 aliphatic carbocycles. The number of fused-ring (bicyclic) bond motifs is 2. The summed E-state index contributed by atoms with van der Waals surface area (Å²) in [5, 5.41) is 10.7. The average molecular weight is 261 g/mol. The molecule has 0 radical (unpaired) electrons. The Balaban J connectivity index is 1.86. The molecule has 2 unspecified atom stereocenters. The first-order valence-corrected chi connectivity index (χ1v) is 6.93. The number of hydrogen-bond acceptors (Lipinski definition) is 4. The van der Waals surface area contributed by atoms with E-state index in [4.69, 9.17) is 5.73 Å². The van der Waals surface area contributed by atoms with Crippen molar-refractivity contribution < 1.29 is 4.92 Å². The second-order valence-electron chi connectivity index (χ2n) is 5.65. The highest BCUT2D eigenvalue weighted by Crippen LogP contribution is 2.37. The molecule has 1 aromatic rings. The standard InChI is InChI=1S/C14H19N3O2/c15-10-8-13-2-1-3-14(9-10)16(13)11-4-6-12(7-5-11)17(18)19/h4-7,10,13-14H,1-3,8-9,15H2. The van der Waals surface area contributed by atoms with Crippen molar-refractivity contribution in [2.24, 2.45) is 5.73 Å². The highest BCUT2D eigenvalue weighted by Gasteiger charge is 2.37. The summed E-state index contributed by atoms with van der Waals surface area (Å²) in [5.41, 5.74) is 7.37. The van der Waals surface area contributed by atoms with E-state index >= 15 is 0 Å². The fraction of sp³-hybridized carbons (Fsp3) is 0.571. The maximum atomic E-state index is 10.7. The molecule has 2 N–H and O–H groups in total. The molecule has 2 heterocycles. The number of rotatable bonds is 2. The Morgan fingerprint density at radius 3 is 2.26 bits per heavy atom. The maximum absolute atomic E-state index is 10.7. The zero-order valence-electron chi connectivity index (χ0n) is 10.9. The van der Waals surface area contributed by atoms with E-state index in [-0.39, 0.29) is 10.6 Å². The number of piperidine rings is 2. The van der Waals surface area contributed by atoms with Crippen LogP contribution in [-0.4, -0.2) is 23.0 Å². The lowest BCUT2D eigenvalue weighted by molar-refractivity contribution is -0.384. The van der Waals surface area contributed by atoms with Gasteiger partial charge in [-0.1, -0.05) is 0 Å². The van der Waals surface area contributed by atoms with Crippen molar-refractivity contribution in [3.05, 3.63) is 34.4 Å². The molecule has 2 fully saturated rings. The first-order valence-electron chi connectivity index (χ1n) is 6.93. The van der Waals surface area contributed by atoms with Gasteiger partial charge in [0, 0.05) is 35.9 Å². The number of hydrogen-bond donors (Lipinski definition) is 1. The Bertz CT molecular complexity index is 460. The van der Waals surface area contributed by atoms with E-state index in [2.05, 4.69) is 4.90 Å². The Hall–Kier alpha value is -1.62. The van der Waals surface area contributed by atoms with Crippen molar-refractivity contribution in [1.82, 2.24) is 0 Å². The van der Waals surface area contributed by atoms with Gasteiger partial charge in [0.15, 0.2) is 0 Å². The number of nitro benzene ring substituents is 1. The molecule has 1 aromatic carbocycles. The number of nitrogens with two attached hydrogens (primary N) is 1. The third-order valence-corrected chi connectivity index (χ3v) is 4.37. The Kier molecular flexibility index (Phi) is 3.14. The maximum Gasteiger partial charge on any atom is 0.269 e. The third-order valence-electron chi connectivity index (χ3n) is 4.37. The van der Waals surface area contributed by atoms with Crippen LogP contribution in [0.3, 0.4) is 0 Å². The van der Waals surface area contributed by atoms with Gasteiger partial charge in [0.2, 0.25) is 0 Å². The van der Waals surface area contributed by atoms with Crippen LogP contribution < -0.4 is 10.6 Å². The lowest BCUT2D eigenvalue weighted by Gasteiger charge is -2.49. The van der Waals surface area contributed by atoms with E-state index < -0.39 is 0 Å². The first-order chi connectivity index (χ1) is 9.15.